The summed E-state index contributed by atoms with van der Waals surface area (Å²) >= 11 is 3.13. The van der Waals surface area contributed by atoms with Gasteiger partial charge < -0.3 is 10.6 Å². The quantitative estimate of drug-likeness (QED) is 0.124. The van der Waals surface area contributed by atoms with E-state index in [4.69, 9.17) is 0 Å². The molecule has 0 saturated carbocycles. The standard InChI is InChI=1S/C41H31N3O3S2/c1-27(41(47)44-35-18-7-9-20-37(35)49-38-21-10-8-19-36(38)44)48-32-24-22-31(23-25-32)42-40(46)34(43-39(45)29-13-3-2-4-14-29)26-30-16-11-15-28-12-5-6-17-33(28)30/h2-27H,1H3,(H,42,46)(H,43,45)/b34-26-. The summed E-state index contributed by atoms with van der Waals surface area (Å²) in [6.07, 6.45) is 1.70. The molecule has 0 saturated heterocycles. The van der Waals surface area contributed by atoms with Crippen LogP contribution in [-0.2, 0) is 9.59 Å². The Morgan fingerprint density at radius 1 is 0.694 bits per heavy atom. The number of hydrogen-bond donors (Lipinski definition) is 2. The van der Waals surface area contributed by atoms with Crippen molar-refractivity contribution in [1.29, 1.82) is 0 Å². The molecule has 0 radical (unpaired) electrons. The first-order chi connectivity index (χ1) is 23.9. The second-order valence-corrected chi connectivity index (χ2v) is 13.9. The number of thioether (sulfide) groups is 1. The molecular formula is C41H31N3O3S2. The normalized spacial score (nSPS) is 12.8. The molecule has 0 bridgehead atoms. The lowest BCUT2D eigenvalue weighted by Crippen LogP contribution is -2.34. The van der Waals surface area contributed by atoms with Crippen LogP contribution in [0.3, 0.4) is 0 Å². The van der Waals surface area contributed by atoms with Gasteiger partial charge in [0.1, 0.15) is 5.70 Å². The van der Waals surface area contributed by atoms with Crippen molar-refractivity contribution in [1.82, 2.24) is 5.32 Å². The zero-order chi connectivity index (χ0) is 33.7. The molecule has 6 nitrogen and oxygen atoms in total. The fourth-order valence-corrected chi connectivity index (χ4v) is 7.63. The molecule has 1 aliphatic rings. The Morgan fingerprint density at radius 3 is 2.02 bits per heavy atom. The third kappa shape index (κ3) is 7.02. The number of rotatable bonds is 8. The largest absolute Gasteiger partial charge is 0.321 e. The van der Waals surface area contributed by atoms with E-state index in [1.54, 1.807) is 54.2 Å². The molecule has 2 N–H and O–H groups in total. The number of carbonyl (C=O) groups excluding carboxylic acids is 3. The van der Waals surface area contributed by atoms with Crippen LogP contribution in [0.1, 0.15) is 22.8 Å². The van der Waals surface area contributed by atoms with E-state index in [0.717, 1.165) is 42.4 Å². The van der Waals surface area contributed by atoms with Crippen molar-refractivity contribution in [3.8, 4) is 0 Å². The average Bonchev–Trinajstić information content (AvgIpc) is 3.14. The summed E-state index contributed by atoms with van der Waals surface area (Å²) in [4.78, 5) is 45.6. The Kier molecular flexibility index (Phi) is 9.32. The van der Waals surface area contributed by atoms with E-state index < -0.39 is 5.91 Å². The van der Waals surface area contributed by atoms with Gasteiger partial charge in [-0.25, -0.2) is 0 Å². The van der Waals surface area contributed by atoms with Crippen molar-refractivity contribution in [2.45, 2.75) is 26.9 Å². The molecule has 0 spiro atoms. The summed E-state index contributed by atoms with van der Waals surface area (Å²) in [6, 6.07) is 45.8. The second-order valence-electron chi connectivity index (χ2n) is 11.4. The van der Waals surface area contributed by atoms with E-state index in [0.29, 0.717) is 11.3 Å². The lowest BCUT2D eigenvalue weighted by molar-refractivity contribution is -0.117. The number of nitrogens with one attached hydrogen (secondary N) is 2. The number of anilines is 3. The number of para-hydroxylation sites is 2. The summed E-state index contributed by atoms with van der Waals surface area (Å²) in [7, 11) is 0. The number of fused-ring (bicyclic) bond motifs is 3. The Balaban J connectivity index is 1.09. The average molecular weight is 678 g/mol. The van der Waals surface area contributed by atoms with Crippen LogP contribution in [0.2, 0.25) is 0 Å². The minimum atomic E-state index is -0.457. The van der Waals surface area contributed by atoms with Gasteiger partial charge in [0.2, 0.25) is 5.91 Å². The molecule has 3 amide bonds. The van der Waals surface area contributed by atoms with Crippen LogP contribution in [0.5, 0.6) is 0 Å². The number of nitrogens with zero attached hydrogens (tertiary/aromatic N) is 1. The van der Waals surface area contributed by atoms with E-state index in [1.165, 1.54) is 11.8 Å². The summed E-state index contributed by atoms with van der Waals surface area (Å²) < 4.78 is 0. The maximum Gasteiger partial charge on any atom is 0.272 e. The predicted molar refractivity (Wildman–Crippen MR) is 200 cm³/mol. The highest BCUT2D eigenvalue weighted by atomic mass is 32.2. The molecule has 0 fully saturated rings. The van der Waals surface area contributed by atoms with Crippen LogP contribution < -0.4 is 15.5 Å². The number of carbonyl (C=O) groups is 3. The lowest BCUT2D eigenvalue weighted by Gasteiger charge is -2.32. The van der Waals surface area contributed by atoms with Crippen molar-refractivity contribution >= 4 is 75.2 Å². The van der Waals surface area contributed by atoms with Gasteiger partial charge in [0.15, 0.2) is 0 Å². The van der Waals surface area contributed by atoms with Crippen molar-refractivity contribution in [3.05, 3.63) is 162 Å². The first-order valence-corrected chi connectivity index (χ1v) is 17.5. The Morgan fingerprint density at radius 2 is 1.31 bits per heavy atom. The minimum Gasteiger partial charge on any atom is -0.321 e. The van der Waals surface area contributed by atoms with E-state index in [9.17, 15) is 14.4 Å². The molecule has 0 aliphatic carbocycles. The smallest absolute Gasteiger partial charge is 0.272 e. The molecule has 1 unspecified atom stereocenters. The Bertz CT molecular complexity index is 2170. The van der Waals surface area contributed by atoms with Gasteiger partial charge >= 0.3 is 0 Å². The molecule has 6 aromatic carbocycles. The van der Waals surface area contributed by atoms with Crippen molar-refractivity contribution in [2.75, 3.05) is 10.2 Å². The second kappa shape index (κ2) is 14.3. The molecule has 240 valence electrons. The van der Waals surface area contributed by atoms with Crippen LogP contribution in [-0.4, -0.2) is 23.0 Å². The zero-order valence-corrected chi connectivity index (χ0v) is 28.1. The van der Waals surface area contributed by atoms with Gasteiger partial charge in [0.05, 0.1) is 16.6 Å². The highest BCUT2D eigenvalue weighted by Gasteiger charge is 2.31. The monoisotopic (exact) mass is 677 g/mol. The Hall–Kier alpha value is -5.57. The van der Waals surface area contributed by atoms with Crippen LogP contribution >= 0.6 is 23.5 Å². The highest BCUT2D eigenvalue weighted by molar-refractivity contribution is 8.00. The van der Waals surface area contributed by atoms with Crippen LogP contribution in [0.4, 0.5) is 17.1 Å². The highest BCUT2D eigenvalue weighted by Crippen LogP contribution is 2.48. The van der Waals surface area contributed by atoms with Gasteiger partial charge in [-0.3, -0.25) is 19.3 Å². The molecule has 8 heteroatoms. The SMILES string of the molecule is CC(Sc1ccc(NC(=O)/C(=C/c2cccc3ccccc23)NC(=O)c2ccccc2)cc1)C(=O)N1c2ccccc2Sc2ccccc21. The summed E-state index contributed by atoms with van der Waals surface area (Å²) in [5.74, 6) is -0.855. The number of amides is 3. The first kappa shape index (κ1) is 32.0. The van der Waals surface area contributed by atoms with Crippen LogP contribution in [0.25, 0.3) is 16.8 Å². The van der Waals surface area contributed by atoms with Gasteiger partial charge in [0, 0.05) is 25.9 Å². The van der Waals surface area contributed by atoms with E-state index in [1.807, 2.05) is 121 Å². The van der Waals surface area contributed by atoms with E-state index >= 15 is 0 Å². The molecule has 49 heavy (non-hydrogen) atoms. The number of benzene rings is 6. The van der Waals surface area contributed by atoms with Crippen LogP contribution in [0, 0.1) is 0 Å². The molecule has 1 heterocycles. The van der Waals surface area contributed by atoms with Gasteiger partial charge in [0.25, 0.3) is 11.8 Å². The maximum absolute atomic E-state index is 13.9. The first-order valence-electron chi connectivity index (χ1n) is 15.8. The molecule has 1 atom stereocenters. The summed E-state index contributed by atoms with van der Waals surface area (Å²) in [5.41, 5.74) is 3.69. The fraction of sp³-hybridized carbons (Fsp3) is 0.0488. The summed E-state index contributed by atoms with van der Waals surface area (Å²) in [5, 5.41) is 7.37. The lowest BCUT2D eigenvalue weighted by atomic mass is 10.0. The molecular weight excluding hydrogens is 647 g/mol. The maximum atomic E-state index is 13.9. The fourth-order valence-electron chi connectivity index (χ4n) is 5.67. The zero-order valence-electron chi connectivity index (χ0n) is 26.5. The van der Waals surface area contributed by atoms with Gasteiger partial charge in [-0.15, -0.1) is 11.8 Å². The Labute approximate surface area is 293 Å². The molecule has 6 aromatic rings. The van der Waals surface area contributed by atoms with Gasteiger partial charge in [-0.1, -0.05) is 96.7 Å². The molecule has 1 aliphatic heterocycles. The van der Waals surface area contributed by atoms with Crippen molar-refractivity contribution in [3.63, 3.8) is 0 Å². The summed E-state index contributed by atoms with van der Waals surface area (Å²) in [6.45, 7) is 1.91. The van der Waals surface area contributed by atoms with E-state index in [-0.39, 0.29) is 22.8 Å². The number of hydrogen-bond acceptors (Lipinski definition) is 5. The molecule has 7 rings (SSSR count). The van der Waals surface area contributed by atoms with Gasteiger partial charge in [-0.2, -0.15) is 0 Å². The van der Waals surface area contributed by atoms with E-state index in [2.05, 4.69) is 10.6 Å². The molecule has 0 aromatic heterocycles. The third-order valence-electron chi connectivity index (χ3n) is 8.08. The predicted octanol–water partition coefficient (Wildman–Crippen LogP) is 9.56. The van der Waals surface area contributed by atoms with Crippen molar-refractivity contribution in [2.24, 2.45) is 0 Å². The van der Waals surface area contributed by atoms with Crippen LogP contribution in [0.15, 0.2) is 166 Å². The third-order valence-corrected chi connectivity index (χ3v) is 10.3. The topological polar surface area (TPSA) is 78.5 Å². The van der Waals surface area contributed by atoms with Crippen molar-refractivity contribution < 1.29 is 14.4 Å². The van der Waals surface area contributed by atoms with Gasteiger partial charge in [-0.05, 0) is 90.0 Å². The minimum absolute atomic E-state index is 0.0139.